The average molecular weight is 459 g/mol. The van der Waals surface area contributed by atoms with E-state index in [1.165, 1.54) is 0 Å². The van der Waals surface area contributed by atoms with E-state index in [0.717, 1.165) is 33.3 Å². The fraction of sp³-hybridized carbons (Fsp3) is 0.0333. The fourth-order valence-electron chi connectivity index (χ4n) is 3.74. The highest BCUT2D eigenvalue weighted by molar-refractivity contribution is 5.92. The topological polar surface area (TPSA) is 60.2 Å². The number of nitrogens with zero attached hydrogens (tertiary/aromatic N) is 2. The first-order valence-corrected chi connectivity index (χ1v) is 11.2. The quantitative estimate of drug-likeness (QED) is 0.146. The summed E-state index contributed by atoms with van der Waals surface area (Å²) in [7, 11) is 1.58. The summed E-state index contributed by atoms with van der Waals surface area (Å²) in [5.74, 6) is 0.753. The van der Waals surface area contributed by atoms with Gasteiger partial charge in [0.2, 0.25) is 0 Å². The summed E-state index contributed by atoms with van der Waals surface area (Å²) in [5, 5.41) is 11.1. The lowest BCUT2D eigenvalue weighted by molar-refractivity contribution is 0.0734. The Hall–Kier alpha value is -4.77. The van der Waals surface area contributed by atoms with E-state index in [-0.39, 0.29) is 0 Å². The molecule has 170 valence electrons. The van der Waals surface area contributed by atoms with Gasteiger partial charge < -0.3 is 9.47 Å². The molecule has 0 aromatic heterocycles. The molecule has 0 saturated heterocycles. The molecule has 0 fully saturated rings. The molecule has 0 spiro atoms. The molecule has 0 bridgehead atoms. The van der Waals surface area contributed by atoms with Crippen LogP contribution in [0.3, 0.4) is 0 Å². The van der Waals surface area contributed by atoms with Crippen molar-refractivity contribution in [1.82, 2.24) is 0 Å². The third-order valence-electron chi connectivity index (χ3n) is 5.63. The second-order valence-corrected chi connectivity index (χ2v) is 7.89. The molecule has 35 heavy (non-hydrogen) atoms. The van der Waals surface area contributed by atoms with Crippen molar-refractivity contribution in [3.8, 4) is 22.6 Å². The number of ether oxygens (including phenoxy) is 2. The van der Waals surface area contributed by atoms with E-state index in [9.17, 15) is 4.79 Å². The highest BCUT2D eigenvalue weighted by atomic mass is 16.5. The number of methoxy groups -OCH3 is 1. The molecule has 5 aromatic rings. The lowest BCUT2D eigenvalue weighted by atomic mass is 10.1. The smallest absolute Gasteiger partial charge is 0.343 e. The van der Waals surface area contributed by atoms with Crippen molar-refractivity contribution in [2.45, 2.75) is 0 Å². The molecule has 0 heterocycles. The van der Waals surface area contributed by atoms with Crippen LogP contribution in [0, 0.1) is 0 Å². The van der Waals surface area contributed by atoms with Crippen LogP contribution in [0.1, 0.15) is 10.4 Å². The Kier molecular flexibility index (Phi) is 6.31. The average Bonchev–Trinajstić information content (AvgIpc) is 2.92. The number of rotatable bonds is 6. The van der Waals surface area contributed by atoms with Crippen molar-refractivity contribution in [1.29, 1.82) is 0 Å². The van der Waals surface area contributed by atoms with Gasteiger partial charge in [-0.1, -0.05) is 60.7 Å². The van der Waals surface area contributed by atoms with Crippen molar-refractivity contribution >= 4 is 28.1 Å². The van der Waals surface area contributed by atoms with E-state index >= 15 is 0 Å². The first kappa shape index (κ1) is 22.0. The van der Waals surface area contributed by atoms with Crippen molar-refractivity contribution in [3.05, 3.63) is 121 Å². The minimum Gasteiger partial charge on any atom is -0.497 e. The first-order chi connectivity index (χ1) is 17.2. The Labute approximate surface area is 203 Å². The Balaban J connectivity index is 1.26. The van der Waals surface area contributed by atoms with E-state index in [0.29, 0.717) is 17.1 Å². The molecular formula is C30H22N2O3. The molecule has 0 atom stereocenters. The lowest BCUT2D eigenvalue weighted by Crippen LogP contribution is -2.08. The lowest BCUT2D eigenvalue weighted by Gasteiger charge is -2.07. The predicted molar refractivity (Wildman–Crippen MR) is 138 cm³/mol. The number of carbonyl (C=O) groups is 1. The molecule has 0 saturated carbocycles. The SMILES string of the molecule is COc1ccc(C(=O)Oc2ccc(-c3ccc(N=Nc4cccc5ccccc45)cc3)cc2)cc1. The van der Waals surface area contributed by atoms with E-state index in [1.54, 1.807) is 43.5 Å². The largest absolute Gasteiger partial charge is 0.497 e. The molecule has 0 N–H and O–H groups in total. The van der Waals surface area contributed by atoms with Crippen molar-refractivity contribution in [2.75, 3.05) is 7.11 Å². The summed E-state index contributed by atoms with van der Waals surface area (Å²) in [6.07, 6.45) is 0. The summed E-state index contributed by atoms with van der Waals surface area (Å²) in [4.78, 5) is 12.4. The minimum atomic E-state index is -0.415. The Bertz CT molecular complexity index is 1490. The minimum absolute atomic E-state index is 0.415. The maximum absolute atomic E-state index is 12.4. The van der Waals surface area contributed by atoms with Crippen LogP contribution < -0.4 is 9.47 Å². The number of carbonyl (C=O) groups excluding carboxylic acids is 1. The van der Waals surface area contributed by atoms with Gasteiger partial charge in [0, 0.05) is 5.39 Å². The van der Waals surface area contributed by atoms with Crippen molar-refractivity contribution in [2.24, 2.45) is 10.2 Å². The first-order valence-electron chi connectivity index (χ1n) is 11.2. The molecular weight excluding hydrogens is 436 g/mol. The summed E-state index contributed by atoms with van der Waals surface area (Å²) in [5.41, 5.74) is 4.11. The Morgan fingerprint density at radius 3 is 1.97 bits per heavy atom. The Morgan fingerprint density at radius 2 is 1.26 bits per heavy atom. The summed E-state index contributed by atoms with van der Waals surface area (Å²) in [6, 6.07) is 36.2. The van der Waals surface area contributed by atoms with Gasteiger partial charge in [-0.05, 0) is 71.1 Å². The third kappa shape index (κ3) is 5.09. The van der Waals surface area contributed by atoms with Gasteiger partial charge in [0.1, 0.15) is 11.5 Å². The predicted octanol–water partition coefficient (Wildman–Crippen LogP) is 8.15. The number of benzene rings is 5. The van der Waals surface area contributed by atoms with Crippen LogP contribution >= 0.6 is 0 Å². The number of esters is 1. The molecule has 0 aliphatic rings. The summed E-state index contributed by atoms with van der Waals surface area (Å²) >= 11 is 0. The van der Waals surface area contributed by atoms with Gasteiger partial charge in [0.15, 0.2) is 0 Å². The molecule has 0 radical (unpaired) electrons. The van der Waals surface area contributed by atoms with E-state index in [2.05, 4.69) is 22.4 Å². The van der Waals surface area contributed by atoms with Gasteiger partial charge in [0.25, 0.3) is 0 Å². The number of hydrogen-bond acceptors (Lipinski definition) is 5. The maximum Gasteiger partial charge on any atom is 0.343 e. The number of azo groups is 1. The number of fused-ring (bicyclic) bond motifs is 1. The standard InChI is InChI=1S/C30H22N2O3/c1-34-26-17-13-24(14-18-26)30(33)35-27-19-11-22(12-20-27)21-9-15-25(16-10-21)31-32-29-8-4-6-23-5-2-3-7-28(23)29/h2-20H,1H3. The molecule has 0 aliphatic carbocycles. The maximum atomic E-state index is 12.4. The number of hydrogen-bond donors (Lipinski definition) is 0. The van der Waals surface area contributed by atoms with Crippen molar-refractivity contribution in [3.63, 3.8) is 0 Å². The van der Waals surface area contributed by atoms with Crippen LogP contribution in [0.2, 0.25) is 0 Å². The molecule has 0 aliphatic heterocycles. The molecule has 5 rings (SSSR count). The highest BCUT2D eigenvalue weighted by Gasteiger charge is 2.09. The van der Waals surface area contributed by atoms with Gasteiger partial charge in [-0.25, -0.2) is 4.79 Å². The van der Waals surface area contributed by atoms with Gasteiger partial charge in [-0.3, -0.25) is 0 Å². The fourth-order valence-corrected chi connectivity index (χ4v) is 3.74. The van der Waals surface area contributed by atoms with Gasteiger partial charge in [-0.15, -0.1) is 5.11 Å². The van der Waals surface area contributed by atoms with Crippen LogP contribution in [-0.2, 0) is 0 Å². The molecule has 5 aromatic carbocycles. The van der Waals surface area contributed by atoms with Crippen LogP contribution in [0.15, 0.2) is 125 Å². The van der Waals surface area contributed by atoms with Crippen LogP contribution in [-0.4, -0.2) is 13.1 Å². The van der Waals surface area contributed by atoms with Crippen LogP contribution in [0.25, 0.3) is 21.9 Å². The van der Waals surface area contributed by atoms with E-state index in [1.807, 2.05) is 66.7 Å². The molecule has 5 nitrogen and oxygen atoms in total. The summed E-state index contributed by atoms with van der Waals surface area (Å²) in [6.45, 7) is 0. The molecule has 5 heteroatoms. The zero-order chi connectivity index (χ0) is 24.0. The summed E-state index contributed by atoms with van der Waals surface area (Å²) < 4.78 is 10.6. The third-order valence-corrected chi connectivity index (χ3v) is 5.63. The normalized spacial score (nSPS) is 11.0. The van der Waals surface area contributed by atoms with E-state index in [4.69, 9.17) is 9.47 Å². The van der Waals surface area contributed by atoms with Crippen LogP contribution in [0.5, 0.6) is 11.5 Å². The zero-order valence-corrected chi connectivity index (χ0v) is 19.1. The highest BCUT2D eigenvalue weighted by Crippen LogP contribution is 2.29. The zero-order valence-electron chi connectivity index (χ0n) is 19.1. The monoisotopic (exact) mass is 458 g/mol. The van der Waals surface area contributed by atoms with Gasteiger partial charge in [-0.2, -0.15) is 5.11 Å². The Morgan fingerprint density at radius 1 is 0.629 bits per heavy atom. The van der Waals surface area contributed by atoms with Crippen molar-refractivity contribution < 1.29 is 14.3 Å². The second-order valence-electron chi connectivity index (χ2n) is 7.89. The van der Waals surface area contributed by atoms with Crippen LogP contribution in [0.4, 0.5) is 11.4 Å². The van der Waals surface area contributed by atoms with Gasteiger partial charge in [0.05, 0.1) is 24.0 Å². The van der Waals surface area contributed by atoms with Gasteiger partial charge >= 0.3 is 5.97 Å². The molecule has 0 amide bonds. The molecule has 0 unspecified atom stereocenters. The van der Waals surface area contributed by atoms with E-state index < -0.39 is 5.97 Å². The second kappa shape index (κ2) is 10.0.